The fourth-order valence-electron chi connectivity index (χ4n) is 2.04. The lowest BCUT2D eigenvalue weighted by molar-refractivity contribution is -0.145. The van der Waals surface area contributed by atoms with Gasteiger partial charge in [-0.3, -0.25) is 4.79 Å². The van der Waals surface area contributed by atoms with Crippen LogP contribution in [0.3, 0.4) is 0 Å². The number of carbonyl (C=O) groups is 1. The third kappa shape index (κ3) is 4.47. The monoisotopic (exact) mass is 301 g/mol. The van der Waals surface area contributed by atoms with E-state index in [1.54, 1.807) is 0 Å². The van der Waals surface area contributed by atoms with Crippen LogP contribution in [0.25, 0.3) is 0 Å². The van der Waals surface area contributed by atoms with Crippen molar-refractivity contribution in [3.05, 3.63) is 35.4 Å². The average molecular weight is 301 g/mol. The molecule has 0 saturated carbocycles. The van der Waals surface area contributed by atoms with Crippen LogP contribution in [-0.2, 0) is 14.9 Å². The van der Waals surface area contributed by atoms with Gasteiger partial charge in [0.1, 0.15) is 17.0 Å². The molecule has 0 bridgehead atoms. The summed E-state index contributed by atoms with van der Waals surface area (Å²) >= 11 is 0. The molecule has 21 heavy (non-hydrogen) atoms. The summed E-state index contributed by atoms with van der Waals surface area (Å²) in [6.07, 6.45) is 0.0268. The van der Waals surface area contributed by atoms with Gasteiger partial charge < -0.3 is 15.6 Å². The molecule has 1 atom stereocenters. The first-order valence-electron chi connectivity index (χ1n) is 6.65. The zero-order valence-corrected chi connectivity index (χ0v) is 12.5. The van der Waals surface area contributed by atoms with E-state index in [2.05, 4.69) is 0 Å². The Bertz CT molecular complexity index is 494. The maximum absolute atomic E-state index is 13.4. The van der Waals surface area contributed by atoms with Gasteiger partial charge in [-0.25, -0.2) is 8.78 Å². The Morgan fingerprint density at radius 2 is 1.76 bits per heavy atom. The molecule has 1 aromatic rings. The molecule has 0 aromatic heterocycles. The average Bonchev–Trinajstić information content (AvgIpc) is 2.31. The molecular weight excluding hydrogens is 280 g/mol. The van der Waals surface area contributed by atoms with Crippen LogP contribution in [0.5, 0.6) is 0 Å². The second-order valence-electron chi connectivity index (χ2n) is 5.96. The highest BCUT2D eigenvalue weighted by atomic mass is 19.1. The largest absolute Gasteiger partial charge is 0.481 e. The number of ether oxygens (including phenoxy) is 1. The van der Waals surface area contributed by atoms with Gasteiger partial charge in [-0.15, -0.1) is 0 Å². The standard InChI is InChI=1S/C15H21F2NO3/c1-14(2,3)21-5-4-15(9-18,13(19)20)10-6-11(16)8-12(17)7-10/h6-8H,4-5,9,18H2,1-3H3,(H,19,20). The highest BCUT2D eigenvalue weighted by Gasteiger charge is 2.40. The minimum Gasteiger partial charge on any atom is -0.481 e. The number of nitrogens with two attached hydrogens (primary N) is 1. The van der Waals surface area contributed by atoms with E-state index in [0.29, 0.717) is 6.07 Å². The molecule has 0 aliphatic heterocycles. The topological polar surface area (TPSA) is 72.5 Å². The molecule has 0 aliphatic rings. The number of rotatable bonds is 6. The predicted molar refractivity (Wildman–Crippen MR) is 75.0 cm³/mol. The Balaban J connectivity index is 3.11. The van der Waals surface area contributed by atoms with Crippen molar-refractivity contribution in [2.24, 2.45) is 5.73 Å². The normalized spacial score (nSPS) is 14.8. The van der Waals surface area contributed by atoms with Crippen molar-refractivity contribution in [3.8, 4) is 0 Å². The molecule has 118 valence electrons. The summed E-state index contributed by atoms with van der Waals surface area (Å²) in [6.45, 7) is 5.34. The Labute approximate surface area is 122 Å². The second-order valence-corrected chi connectivity index (χ2v) is 5.96. The third-order valence-electron chi connectivity index (χ3n) is 3.24. The van der Waals surface area contributed by atoms with Crippen LogP contribution < -0.4 is 5.73 Å². The maximum Gasteiger partial charge on any atom is 0.315 e. The molecule has 0 spiro atoms. The summed E-state index contributed by atoms with van der Waals surface area (Å²) in [7, 11) is 0. The number of aliphatic carboxylic acids is 1. The summed E-state index contributed by atoms with van der Waals surface area (Å²) in [5.41, 5.74) is 3.60. The van der Waals surface area contributed by atoms with Crippen LogP contribution >= 0.6 is 0 Å². The maximum atomic E-state index is 13.4. The smallest absolute Gasteiger partial charge is 0.315 e. The van der Waals surface area contributed by atoms with Crippen molar-refractivity contribution < 1.29 is 23.4 Å². The van der Waals surface area contributed by atoms with Crippen LogP contribution in [-0.4, -0.2) is 29.8 Å². The number of carboxylic acids is 1. The number of carboxylic acid groups (broad SMARTS) is 1. The molecule has 0 heterocycles. The first-order valence-corrected chi connectivity index (χ1v) is 6.65. The van der Waals surface area contributed by atoms with E-state index in [1.165, 1.54) is 0 Å². The molecule has 0 saturated heterocycles. The molecule has 0 amide bonds. The summed E-state index contributed by atoms with van der Waals surface area (Å²) in [4.78, 5) is 11.7. The quantitative estimate of drug-likeness (QED) is 0.846. The molecule has 0 radical (unpaired) electrons. The van der Waals surface area contributed by atoms with Gasteiger partial charge in [0.25, 0.3) is 0 Å². The van der Waals surface area contributed by atoms with Crippen LogP contribution in [0, 0.1) is 11.6 Å². The summed E-state index contributed by atoms with van der Waals surface area (Å²) in [5, 5.41) is 9.51. The van der Waals surface area contributed by atoms with Gasteiger partial charge in [0.2, 0.25) is 0 Å². The van der Waals surface area contributed by atoms with Crippen LogP contribution in [0.1, 0.15) is 32.8 Å². The fourth-order valence-corrected chi connectivity index (χ4v) is 2.04. The van der Waals surface area contributed by atoms with E-state index in [0.717, 1.165) is 12.1 Å². The zero-order valence-electron chi connectivity index (χ0n) is 12.5. The van der Waals surface area contributed by atoms with E-state index in [-0.39, 0.29) is 25.1 Å². The molecule has 6 heteroatoms. The van der Waals surface area contributed by atoms with E-state index in [9.17, 15) is 18.7 Å². The lowest BCUT2D eigenvalue weighted by Gasteiger charge is -2.30. The van der Waals surface area contributed by atoms with Gasteiger partial charge in [0.05, 0.1) is 5.60 Å². The minimum atomic E-state index is -1.58. The molecule has 0 fully saturated rings. The van der Waals surface area contributed by atoms with Gasteiger partial charge >= 0.3 is 5.97 Å². The first kappa shape index (κ1) is 17.5. The fraction of sp³-hybridized carbons (Fsp3) is 0.533. The zero-order chi connectivity index (χ0) is 16.3. The van der Waals surface area contributed by atoms with Crippen LogP contribution in [0.2, 0.25) is 0 Å². The van der Waals surface area contributed by atoms with Crippen molar-refractivity contribution in [1.82, 2.24) is 0 Å². The van der Waals surface area contributed by atoms with Crippen LogP contribution in [0.15, 0.2) is 18.2 Å². The molecule has 3 N–H and O–H groups in total. The highest BCUT2D eigenvalue weighted by molar-refractivity contribution is 5.81. The highest BCUT2D eigenvalue weighted by Crippen LogP contribution is 2.30. The predicted octanol–water partition coefficient (Wildman–Crippen LogP) is 2.45. The van der Waals surface area contributed by atoms with Crippen molar-refractivity contribution >= 4 is 5.97 Å². The van der Waals surface area contributed by atoms with Gasteiger partial charge in [0, 0.05) is 19.2 Å². The van der Waals surface area contributed by atoms with Gasteiger partial charge in [-0.1, -0.05) is 0 Å². The number of halogens is 2. The Morgan fingerprint density at radius 3 is 2.14 bits per heavy atom. The molecule has 1 aromatic carbocycles. The van der Waals surface area contributed by atoms with Crippen LogP contribution in [0.4, 0.5) is 8.78 Å². The summed E-state index contributed by atoms with van der Waals surface area (Å²) in [5.74, 6) is -2.89. The Kier molecular flexibility index (Phi) is 5.42. The third-order valence-corrected chi connectivity index (χ3v) is 3.24. The van der Waals surface area contributed by atoms with Gasteiger partial charge in [-0.2, -0.15) is 0 Å². The molecule has 1 rings (SSSR count). The Hall–Kier alpha value is -1.53. The Morgan fingerprint density at radius 1 is 1.24 bits per heavy atom. The lowest BCUT2D eigenvalue weighted by atomic mass is 9.77. The van der Waals surface area contributed by atoms with Crippen molar-refractivity contribution in [1.29, 1.82) is 0 Å². The lowest BCUT2D eigenvalue weighted by Crippen LogP contribution is -2.44. The van der Waals surface area contributed by atoms with Gasteiger partial charge in [0.15, 0.2) is 0 Å². The van der Waals surface area contributed by atoms with Crippen molar-refractivity contribution in [3.63, 3.8) is 0 Å². The number of benzene rings is 1. The molecule has 0 aliphatic carbocycles. The van der Waals surface area contributed by atoms with Gasteiger partial charge in [-0.05, 0) is 44.9 Å². The molecular formula is C15H21F2NO3. The molecule has 1 unspecified atom stereocenters. The van der Waals surface area contributed by atoms with Crippen molar-refractivity contribution in [2.45, 2.75) is 38.2 Å². The van der Waals surface area contributed by atoms with E-state index < -0.39 is 28.6 Å². The summed E-state index contributed by atoms with van der Waals surface area (Å²) < 4.78 is 32.2. The van der Waals surface area contributed by atoms with Crippen molar-refractivity contribution in [2.75, 3.05) is 13.2 Å². The summed E-state index contributed by atoms with van der Waals surface area (Å²) in [6, 6.07) is 2.70. The van der Waals surface area contributed by atoms with E-state index in [1.807, 2.05) is 20.8 Å². The first-order chi connectivity index (χ1) is 9.60. The SMILES string of the molecule is CC(C)(C)OCCC(CN)(C(=O)O)c1cc(F)cc(F)c1. The number of hydrogen-bond acceptors (Lipinski definition) is 3. The second kappa shape index (κ2) is 6.49. The van der Waals surface area contributed by atoms with E-state index in [4.69, 9.17) is 10.5 Å². The van der Waals surface area contributed by atoms with E-state index >= 15 is 0 Å². The minimum absolute atomic E-state index is 0.00695. The number of hydrogen-bond donors (Lipinski definition) is 2. The molecule has 4 nitrogen and oxygen atoms in total.